The van der Waals surface area contributed by atoms with E-state index in [1.54, 1.807) is 18.4 Å². The average Bonchev–Trinajstić information content (AvgIpc) is 2.63. The molecular weight excluding hydrogens is 273 g/mol. The van der Waals surface area contributed by atoms with Gasteiger partial charge in [0.05, 0.1) is 18.5 Å². The molecular formula is C12H11BrFNO. The summed E-state index contributed by atoms with van der Waals surface area (Å²) in [5, 5.41) is 2.99. The number of benzene rings is 1. The highest BCUT2D eigenvalue weighted by Crippen LogP contribution is 2.20. The number of furan rings is 1. The molecule has 1 aromatic heterocycles. The molecule has 84 valence electrons. The number of hydrogen-bond acceptors (Lipinski definition) is 2. The summed E-state index contributed by atoms with van der Waals surface area (Å²) in [6.45, 7) is 2.44. The Morgan fingerprint density at radius 3 is 2.81 bits per heavy atom. The molecule has 2 nitrogen and oxygen atoms in total. The molecule has 16 heavy (non-hydrogen) atoms. The molecule has 0 aliphatic carbocycles. The maximum absolute atomic E-state index is 13.5. The van der Waals surface area contributed by atoms with Gasteiger partial charge in [0.25, 0.3) is 0 Å². The molecule has 0 amide bonds. The third kappa shape index (κ3) is 2.44. The second-order valence-electron chi connectivity index (χ2n) is 3.50. The summed E-state index contributed by atoms with van der Waals surface area (Å²) >= 11 is 3.21. The predicted molar refractivity (Wildman–Crippen MR) is 64.9 cm³/mol. The highest BCUT2D eigenvalue weighted by atomic mass is 79.9. The lowest BCUT2D eigenvalue weighted by Gasteiger charge is -2.06. The number of halogens is 2. The van der Waals surface area contributed by atoms with Gasteiger partial charge in [0.15, 0.2) is 0 Å². The van der Waals surface area contributed by atoms with Crippen molar-refractivity contribution in [2.24, 2.45) is 0 Å². The summed E-state index contributed by atoms with van der Waals surface area (Å²) in [6.07, 6.45) is 1.63. The Kier molecular flexibility index (Phi) is 3.29. The van der Waals surface area contributed by atoms with Gasteiger partial charge >= 0.3 is 0 Å². The molecule has 4 heteroatoms. The third-order valence-corrected chi connectivity index (χ3v) is 2.83. The number of aryl methyl sites for hydroxylation is 1. The fraction of sp³-hybridized carbons (Fsp3) is 0.167. The van der Waals surface area contributed by atoms with Crippen LogP contribution in [0.1, 0.15) is 11.3 Å². The number of anilines is 1. The van der Waals surface area contributed by atoms with E-state index >= 15 is 0 Å². The smallest absolute Gasteiger partial charge is 0.147 e. The van der Waals surface area contributed by atoms with Crippen molar-refractivity contribution in [3.05, 3.63) is 52.1 Å². The minimum absolute atomic E-state index is 0.279. The highest BCUT2D eigenvalue weighted by molar-refractivity contribution is 9.10. The van der Waals surface area contributed by atoms with E-state index < -0.39 is 0 Å². The normalized spacial score (nSPS) is 10.4. The summed E-state index contributed by atoms with van der Waals surface area (Å²) in [6, 6.07) is 6.80. The molecule has 0 atom stereocenters. The predicted octanol–water partition coefficient (Wildman–Crippen LogP) is 4.10. The van der Waals surface area contributed by atoms with Gasteiger partial charge in [-0.1, -0.05) is 15.9 Å². The monoisotopic (exact) mass is 283 g/mol. The molecule has 1 heterocycles. The number of hydrogen-bond donors (Lipinski definition) is 1. The first kappa shape index (κ1) is 11.2. The Balaban J connectivity index is 2.08. The zero-order chi connectivity index (χ0) is 11.5. The lowest BCUT2D eigenvalue weighted by molar-refractivity contribution is 0.514. The molecule has 0 fully saturated rings. The highest BCUT2D eigenvalue weighted by Gasteiger charge is 2.05. The lowest BCUT2D eigenvalue weighted by atomic mass is 10.2. The van der Waals surface area contributed by atoms with Crippen molar-refractivity contribution in [1.82, 2.24) is 0 Å². The van der Waals surface area contributed by atoms with Crippen LogP contribution in [0.25, 0.3) is 0 Å². The molecule has 2 rings (SSSR count). The average molecular weight is 284 g/mol. The van der Waals surface area contributed by atoms with Crippen LogP contribution in [0.2, 0.25) is 0 Å². The minimum atomic E-state index is -0.279. The largest absolute Gasteiger partial charge is 0.467 e. The Labute approximate surface area is 102 Å². The first-order valence-corrected chi connectivity index (χ1v) is 5.68. The summed E-state index contributed by atoms with van der Waals surface area (Å²) in [5.74, 6) is 0.543. The molecule has 0 unspecified atom stereocenters. The van der Waals surface area contributed by atoms with Crippen molar-refractivity contribution in [2.75, 3.05) is 5.32 Å². The van der Waals surface area contributed by atoms with Gasteiger partial charge in [-0.2, -0.15) is 0 Å². The van der Waals surface area contributed by atoms with Crippen molar-refractivity contribution in [3.63, 3.8) is 0 Å². The van der Waals surface area contributed by atoms with Gasteiger partial charge in [-0.05, 0) is 36.8 Å². The Bertz CT molecular complexity index is 496. The van der Waals surface area contributed by atoms with Gasteiger partial charge in [-0.15, -0.1) is 0 Å². The number of nitrogens with one attached hydrogen (secondary N) is 1. The van der Waals surface area contributed by atoms with Gasteiger partial charge < -0.3 is 9.73 Å². The topological polar surface area (TPSA) is 25.2 Å². The van der Waals surface area contributed by atoms with Crippen molar-refractivity contribution >= 4 is 21.6 Å². The zero-order valence-electron chi connectivity index (χ0n) is 8.76. The molecule has 0 bridgehead atoms. The van der Waals surface area contributed by atoms with Crippen LogP contribution in [0.5, 0.6) is 0 Å². The summed E-state index contributed by atoms with van der Waals surface area (Å²) in [4.78, 5) is 0. The fourth-order valence-electron chi connectivity index (χ4n) is 1.39. The van der Waals surface area contributed by atoms with Crippen LogP contribution in [-0.2, 0) is 6.54 Å². The van der Waals surface area contributed by atoms with Crippen LogP contribution in [0.3, 0.4) is 0 Å². The quantitative estimate of drug-likeness (QED) is 0.917. The molecule has 0 aliphatic rings. The van der Waals surface area contributed by atoms with E-state index in [9.17, 15) is 4.39 Å². The fourth-order valence-corrected chi connectivity index (χ4v) is 1.73. The van der Waals surface area contributed by atoms with Crippen molar-refractivity contribution < 1.29 is 8.81 Å². The Morgan fingerprint density at radius 2 is 2.19 bits per heavy atom. The van der Waals surface area contributed by atoms with Gasteiger partial charge in [-0.25, -0.2) is 4.39 Å². The molecule has 2 aromatic rings. The van der Waals surface area contributed by atoms with Crippen LogP contribution in [0, 0.1) is 12.7 Å². The van der Waals surface area contributed by atoms with Crippen molar-refractivity contribution in [2.45, 2.75) is 13.5 Å². The molecule has 0 radical (unpaired) electrons. The Morgan fingerprint density at radius 1 is 1.38 bits per heavy atom. The first-order chi connectivity index (χ1) is 7.66. The standard InChI is InChI=1S/C12H11BrFNO/c1-8-4-5-16-12(8)7-15-11-3-2-9(13)6-10(11)14/h2-6,15H,7H2,1H3. The molecule has 0 saturated carbocycles. The lowest BCUT2D eigenvalue weighted by Crippen LogP contribution is -2.01. The van der Waals surface area contributed by atoms with Gasteiger partial charge in [0.2, 0.25) is 0 Å². The molecule has 0 saturated heterocycles. The summed E-state index contributed by atoms with van der Waals surface area (Å²) in [5.41, 5.74) is 1.53. The number of rotatable bonds is 3. The third-order valence-electron chi connectivity index (χ3n) is 2.34. The molecule has 0 spiro atoms. The van der Waals surface area contributed by atoms with Crippen LogP contribution >= 0.6 is 15.9 Å². The minimum Gasteiger partial charge on any atom is -0.467 e. The SMILES string of the molecule is Cc1ccoc1CNc1ccc(Br)cc1F. The van der Waals surface area contributed by atoms with Crippen LogP contribution in [0.15, 0.2) is 39.4 Å². The van der Waals surface area contributed by atoms with Gasteiger partial charge in [0, 0.05) is 4.47 Å². The van der Waals surface area contributed by atoms with E-state index in [-0.39, 0.29) is 5.82 Å². The van der Waals surface area contributed by atoms with Crippen LogP contribution in [-0.4, -0.2) is 0 Å². The van der Waals surface area contributed by atoms with E-state index in [4.69, 9.17) is 4.42 Å². The van der Waals surface area contributed by atoms with Crippen LogP contribution in [0.4, 0.5) is 10.1 Å². The van der Waals surface area contributed by atoms with E-state index in [2.05, 4.69) is 21.2 Å². The van der Waals surface area contributed by atoms with E-state index in [1.165, 1.54) is 6.07 Å². The van der Waals surface area contributed by atoms with E-state index in [1.807, 2.05) is 13.0 Å². The second kappa shape index (κ2) is 4.70. The van der Waals surface area contributed by atoms with Gasteiger partial charge in [0.1, 0.15) is 11.6 Å². The Hall–Kier alpha value is -1.29. The second-order valence-corrected chi connectivity index (χ2v) is 4.42. The van der Waals surface area contributed by atoms with E-state index in [0.717, 1.165) is 15.8 Å². The maximum atomic E-state index is 13.5. The summed E-state index contributed by atoms with van der Waals surface area (Å²) < 4.78 is 19.4. The van der Waals surface area contributed by atoms with Crippen molar-refractivity contribution in [3.8, 4) is 0 Å². The zero-order valence-corrected chi connectivity index (χ0v) is 10.3. The van der Waals surface area contributed by atoms with Crippen LogP contribution < -0.4 is 5.32 Å². The van der Waals surface area contributed by atoms with Gasteiger partial charge in [-0.3, -0.25) is 0 Å². The van der Waals surface area contributed by atoms with Crippen molar-refractivity contribution in [1.29, 1.82) is 0 Å². The molecule has 0 aliphatic heterocycles. The maximum Gasteiger partial charge on any atom is 0.147 e. The van der Waals surface area contributed by atoms with E-state index in [0.29, 0.717) is 12.2 Å². The summed E-state index contributed by atoms with van der Waals surface area (Å²) in [7, 11) is 0. The molecule has 1 aromatic carbocycles. The molecule has 1 N–H and O–H groups in total. The first-order valence-electron chi connectivity index (χ1n) is 4.88.